The summed E-state index contributed by atoms with van der Waals surface area (Å²) in [4.78, 5) is 0. The van der Waals surface area contributed by atoms with Crippen LogP contribution in [0.4, 0.5) is 30.7 Å². The van der Waals surface area contributed by atoms with E-state index in [0.717, 1.165) is 116 Å². The van der Waals surface area contributed by atoms with Crippen molar-refractivity contribution in [2.24, 2.45) is 93.2 Å². The third-order valence-electron chi connectivity index (χ3n) is 23.7. The van der Waals surface area contributed by atoms with Crippen LogP contribution in [0, 0.1) is 93.2 Å². The average Bonchev–Trinajstić information content (AvgIpc) is 3.90. The first-order valence-corrected chi connectivity index (χ1v) is 36.1. The molecule has 0 aromatic carbocycles. The van der Waals surface area contributed by atoms with Gasteiger partial charge in [-0.25, -0.2) is 30.7 Å². The molecule has 2 aliphatic rings. The van der Waals surface area contributed by atoms with Gasteiger partial charge in [0, 0.05) is 16.2 Å². The summed E-state index contributed by atoms with van der Waals surface area (Å²) >= 11 is 0. The van der Waals surface area contributed by atoms with Gasteiger partial charge in [-0.2, -0.15) is 0 Å². The Bertz CT molecular complexity index is 1490. The Labute approximate surface area is 532 Å². The van der Waals surface area contributed by atoms with Crippen molar-refractivity contribution in [3.63, 3.8) is 0 Å². The molecule has 0 spiro atoms. The minimum Gasteiger partial charge on any atom is -0.244 e. The lowest BCUT2D eigenvalue weighted by Crippen LogP contribution is -2.51. The molecule has 0 amide bonds. The molecule has 0 bridgehead atoms. The lowest BCUT2D eigenvalue weighted by atomic mass is 9.57. The van der Waals surface area contributed by atoms with Crippen LogP contribution in [0.5, 0.6) is 0 Å². The predicted molar refractivity (Wildman–Crippen MR) is 372 cm³/mol. The second-order valence-corrected chi connectivity index (χ2v) is 32.3. The molecule has 0 aliphatic heterocycles. The summed E-state index contributed by atoms with van der Waals surface area (Å²) in [6.07, 6.45) is 18.0. The molecule has 85 heavy (non-hydrogen) atoms. The van der Waals surface area contributed by atoms with E-state index in [1.807, 2.05) is 48.5 Å². The van der Waals surface area contributed by atoms with E-state index in [2.05, 4.69) is 166 Å². The van der Waals surface area contributed by atoms with Gasteiger partial charge in [0.25, 0.3) is 0 Å². The Kier molecular flexibility index (Phi) is 45.2. The van der Waals surface area contributed by atoms with Crippen LogP contribution in [0.1, 0.15) is 371 Å². The minimum absolute atomic E-state index is 0.0994. The van der Waals surface area contributed by atoms with E-state index in [-0.39, 0.29) is 57.7 Å². The van der Waals surface area contributed by atoms with Crippen LogP contribution in [-0.2, 0) is 0 Å². The second kappa shape index (κ2) is 41.2. The molecule has 0 N–H and O–H groups in total. The van der Waals surface area contributed by atoms with Gasteiger partial charge in [-0.15, -0.1) is 0 Å². The monoisotopic (exact) mass is 1230 g/mol. The van der Waals surface area contributed by atoms with Gasteiger partial charge in [0.15, 0.2) is 0 Å². The van der Waals surface area contributed by atoms with Crippen LogP contribution in [0.15, 0.2) is 0 Å². The Morgan fingerprint density at radius 2 is 0.518 bits per heavy atom. The first-order chi connectivity index (χ1) is 38.2. The van der Waals surface area contributed by atoms with Gasteiger partial charge in [-0.3, -0.25) is 0 Å². The topological polar surface area (TPSA) is 0 Å². The lowest BCUT2D eigenvalue weighted by molar-refractivity contribution is -0.0946. The van der Waals surface area contributed by atoms with Crippen molar-refractivity contribution in [3.05, 3.63) is 0 Å². The molecule has 2 saturated carbocycles. The van der Waals surface area contributed by atoms with Crippen molar-refractivity contribution < 1.29 is 30.7 Å². The van der Waals surface area contributed by atoms with E-state index >= 15 is 8.78 Å². The van der Waals surface area contributed by atoms with Gasteiger partial charge in [0.1, 0.15) is 39.7 Å². The van der Waals surface area contributed by atoms with E-state index in [1.54, 1.807) is 34.6 Å². The van der Waals surface area contributed by atoms with Crippen LogP contribution in [0.3, 0.4) is 0 Å². The molecule has 0 saturated heterocycles. The molecule has 2 fully saturated rings. The number of rotatable bonds is 26. The summed E-state index contributed by atoms with van der Waals surface area (Å²) in [6.45, 7) is 73.1. The van der Waals surface area contributed by atoms with Crippen molar-refractivity contribution in [1.82, 2.24) is 0 Å². The van der Waals surface area contributed by atoms with E-state index in [4.69, 9.17) is 0 Å². The average molecular weight is 1230 g/mol. The van der Waals surface area contributed by atoms with E-state index in [1.165, 1.54) is 6.42 Å². The summed E-state index contributed by atoms with van der Waals surface area (Å²) in [5, 5.41) is 0. The smallest absolute Gasteiger partial charge is 0.118 e. The molecule has 520 valence electrons. The number of hydrogen-bond donors (Lipinski definition) is 0. The quantitative estimate of drug-likeness (QED) is 0.0757. The van der Waals surface area contributed by atoms with Crippen molar-refractivity contribution in [2.75, 3.05) is 0 Å². The maximum Gasteiger partial charge on any atom is 0.118 e. The highest BCUT2D eigenvalue weighted by Crippen LogP contribution is 2.54. The summed E-state index contributed by atoms with van der Waals surface area (Å²) in [5.74, 6) is 3.50. The SMILES string of the molecule is CC(C)C(C(C)C)C(C)(F)C(C(C)C)C(C)C.CC(C)C(C(C)C)[C@@](C)(F)C(C)C.CC1(F)CCCC1.CC1(F)CCCCC1.CCC(C)(CC)C(C)(F)C(C)(CC)CC.CCC(C)(CC)C(C)(F)C(C)C.CCC(CC)C(C)(F)C(CC)CC. The molecular formula is C78H159F7. The summed E-state index contributed by atoms with van der Waals surface area (Å²) in [6, 6.07) is 0. The molecule has 0 aromatic rings. The zero-order valence-electron chi connectivity index (χ0n) is 64.6. The molecule has 0 aromatic heterocycles. The fourth-order valence-electron chi connectivity index (χ4n) is 15.9. The maximum absolute atomic E-state index is 15.4. The highest BCUT2D eigenvalue weighted by Gasteiger charge is 2.53. The van der Waals surface area contributed by atoms with Gasteiger partial charge in [0.2, 0.25) is 0 Å². The zero-order chi connectivity index (χ0) is 68.9. The number of hydrogen-bond acceptors (Lipinski definition) is 0. The molecule has 0 nitrogen and oxygen atoms in total. The van der Waals surface area contributed by atoms with Crippen LogP contribution < -0.4 is 0 Å². The molecular weight excluding hydrogens is 1070 g/mol. The van der Waals surface area contributed by atoms with E-state index in [0.29, 0.717) is 35.5 Å². The Hall–Kier alpha value is -0.490. The Morgan fingerprint density at radius 1 is 0.306 bits per heavy atom. The number of alkyl halides is 7. The van der Waals surface area contributed by atoms with E-state index in [9.17, 15) is 22.0 Å². The molecule has 2 rings (SSSR count). The fraction of sp³-hybridized carbons (Fsp3) is 1.00. The summed E-state index contributed by atoms with van der Waals surface area (Å²) < 4.78 is 99.2. The van der Waals surface area contributed by atoms with Crippen molar-refractivity contribution in [3.8, 4) is 0 Å². The molecule has 2 aliphatic carbocycles. The molecule has 0 heterocycles. The highest BCUT2D eigenvalue weighted by atomic mass is 19.2. The number of halogens is 7. The van der Waals surface area contributed by atoms with Crippen LogP contribution in [0.25, 0.3) is 0 Å². The van der Waals surface area contributed by atoms with Gasteiger partial charge >= 0.3 is 0 Å². The third kappa shape index (κ3) is 29.3. The van der Waals surface area contributed by atoms with Gasteiger partial charge in [-0.1, -0.05) is 259 Å². The van der Waals surface area contributed by atoms with Gasteiger partial charge in [0.05, 0.1) is 0 Å². The summed E-state index contributed by atoms with van der Waals surface area (Å²) in [5.41, 5.74) is -7.41. The molecule has 7 heteroatoms. The van der Waals surface area contributed by atoms with Gasteiger partial charge in [-0.05, 0) is 190 Å². The standard InChI is InChI=1S/C16H33F.C14H29F.2C12H25F.C11H23F.C7H13F.C6H11F/c1-10(2)14(11(3)4)16(9,17)15(12(5)6)13(7)8;1-8-12(5,9-2)14(7,15)13(6,10-3)11-4;1-8(2)11(9(3)4)12(7,13)10(5)6;1-6-10(7-2)12(5,13)11(8-3)9-4;1-7-10(5,8-2)11(6,12)9(3)4;1-7(8)5-3-2-4-6-7;1-6(7)4-2-3-5-6/h10-15H,1-9H3;8-11H2,1-7H3;8-11H,1-7H3;10-11H,6-9H2,1-5H3;9H,7-8H2,1-6H3;2-6H2,1H3;2-5H2,1H3/t;;12-;;;;/m..0..../s1. The third-order valence-corrected chi connectivity index (χ3v) is 23.7. The molecule has 2 atom stereocenters. The summed E-state index contributed by atoms with van der Waals surface area (Å²) in [7, 11) is 0. The van der Waals surface area contributed by atoms with Crippen LogP contribution in [-0.4, -0.2) is 39.7 Å². The van der Waals surface area contributed by atoms with Gasteiger partial charge < -0.3 is 0 Å². The lowest BCUT2D eigenvalue weighted by Gasteiger charge is -2.51. The van der Waals surface area contributed by atoms with Crippen molar-refractivity contribution >= 4 is 0 Å². The zero-order valence-corrected chi connectivity index (χ0v) is 64.6. The normalized spacial score (nSPS) is 17.5. The van der Waals surface area contributed by atoms with Crippen molar-refractivity contribution in [1.29, 1.82) is 0 Å². The van der Waals surface area contributed by atoms with Crippen LogP contribution in [0.2, 0.25) is 0 Å². The Balaban J connectivity index is -0.000000297. The maximum atomic E-state index is 15.4. The Morgan fingerprint density at radius 3 is 0.647 bits per heavy atom. The van der Waals surface area contributed by atoms with Crippen LogP contribution >= 0.6 is 0 Å². The fourth-order valence-corrected chi connectivity index (χ4v) is 15.9. The van der Waals surface area contributed by atoms with Crippen molar-refractivity contribution in [2.45, 2.75) is 411 Å². The predicted octanol–water partition coefficient (Wildman–Crippen LogP) is 29.0. The second-order valence-electron chi connectivity index (χ2n) is 32.3. The molecule has 0 radical (unpaired) electrons. The first-order valence-electron chi connectivity index (χ1n) is 36.1. The largest absolute Gasteiger partial charge is 0.244 e. The minimum atomic E-state index is -1.09. The van der Waals surface area contributed by atoms with E-state index < -0.39 is 39.7 Å². The highest BCUT2D eigenvalue weighted by molar-refractivity contribution is 5.03. The first kappa shape index (κ1) is 93.2. The molecule has 1 unspecified atom stereocenters.